The van der Waals surface area contributed by atoms with Crippen molar-refractivity contribution in [2.75, 3.05) is 0 Å². The fourth-order valence-corrected chi connectivity index (χ4v) is 2.54. The van der Waals surface area contributed by atoms with Gasteiger partial charge in [-0.15, -0.1) is 0 Å². The minimum Gasteiger partial charge on any atom is -0.315 e. The zero-order valence-corrected chi connectivity index (χ0v) is 10.5. The van der Waals surface area contributed by atoms with Crippen LogP contribution in [-0.4, -0.2) is 6.17 Å². The van der Waals surface area contributed by atoms with Crippen molar-refractivity contribution in [2.24, 2.45) is 5.73 Å². The van der Waals surface area contributed by atoms with E-state index in [0.717, 1.165) is 6.42 Å². The average Bonchev–Trinajstić information content (AvgIpc) is 2.62. The van der Waals surface area contributed by atoms with E-state index in [1.54, 1.807) is 0 Å². The molecule has 1 aromatic carbocycles. The molecule has 1 heterocycles. The Morgan fingerprint density at radius 1 is 1.06 bits per heavy atom. The average molecular weight is 219 g/mol. The van der Waals surface area contributed by atoms with Crippen LogP contribution in [0.4, 0.5) is 0 Å². The summed E-state index contributed by atoms with van der Waals surface area (Å²) in [6.45, 7) is 8.74. The number of hydrazine groups is 1. The van der Waals surface area contributed by atoms with E-state index in [-0.39, 0.29) is 6.17 Å². The van der Waals surface area contributed by atoms with E-state index in [9.17, 15) is 0 Å². The van der Waals surface area contributed by atoms with E-state index in [0.29, 0.717) is 6.04 Å². The maximum atomic E-state index is 5.87. The summed E-state index contributed by atoms with van der Waals surface area (Å²) in [5.74, 6) is 0. The normalized spacial score (nSPS) is 25.1. The van der Waals surface area contributed by atoms with Crippen molar-refractivity contribution in [3.05, 3.63) is 33.9 Å². The molecule has 0 aromatic heterocycles. The topological polar surface area (TPSA) is 50.1 Å². The highest BCUT2D eigenvalue weighted by Crippen LogP contribution is 2.30. The molecule has 1 fully saturated rings. The molecule has 0 amide bonds. The van der Waals surface area contributed by atoms with Crippen LogP contribution < -0.4 is 16.6 Å². The standard InChI is InChI=1S/C13H21N3/c1-7-5-8(2)10(4)13(9(7)3)11-6-12(14)16-15-11/h5,11-12,15-16H,6,14H2,1-4H3. The van der Waals surface area contributed by atoms with Crippen molar-refractivity contribution < 1.29 is 0 Å². The molecule has 2 rings (SSSR count). The highest BCUT2D eigenvalue weighted by Gasteiger charge is 2.25. The molecular weight excluding hydrogens is 198 g/mol. The summed E-state index contributed by atoms with van der Waals surface area (Å²) in [5.41, 5.74) is 19.1. The second-order valence-corrected chi connectivity index (χ2v) is 4.86. The van der Waals surface area contributed by atoms with Crippen LogP contribution in [0.2, 0.25) is 0 Å². The Bertz CT molecular complexity index is 386. The summed E-state index contributed by atoms with van der Waals surface area (Å²) in [5, 5.41) is 0. The van der Waals surface area contributed by atoms with Gasteiger partial charge in [-0.1, -0.05) is 6.07 Å². The van der Waals surface area contributed by atoms with E-state index in [1.807, 2.05) is 0 Å². The molecule has 3 heteroatoms. The molecule has 1 aliphatic heterocycles. The first-order valence-electron chi connectivity index (χ1n) is 5.84. The van der Waals surface area contributed by atoms with Gasteiger partial charge in [0.05, 0.1) is 6.17 Å². The molecule has 4 N–H and O–H groups in total. The lowest BCUT2D eigenvalue weighted by molar-refractivity contribution is 0.549. The highest BCUT2D eigenvalue weighted by atomic mass is 15.4. The Morgan fingerprint density at radius 2 is 1.62 bits per heavy atom. The van der Waals surface area contributed by atoms with E-state index >= 15 is 0 Å². The van der Waals surface area contributed by atoms with Gasteiger partial charge in [0.2, 0.25) is 0 Å². The van der Waals surface area contributed by atoms with Crippen LogP contribution in [-0.2, 0) is 0 Å². The lowest BCUT2D eigenvalue weighted by atomic mass is 9.89. The van der Waals surface area contributed by atoms with Gasteiger partial charge in [0, 0.05) is 6.04 Å². The highest BCUT2D eigenvalue weighted by molar-refractivity contribution is 5.46. The van der Waals surface area contributed by atoms with Crippen molar-refractivity contribution >= 4 is 0 Å². The van der Waals surface area contributed by atoms with Gasteiger partial charge < -0.3 is 5.73 Å². The summed E-state index contributed by atoms with van der Waals surface area (Å²) in [6, 6.07) is 2.60. The zero-order chi connectivity index (χ0) is 11.9. The monoisotopic (exact) mass is 219 g/mol. The van der Waals surface area contributed by atoms with Crippen LogP contribution in [0.1, 0.15) is 40.3 Å². The third-order valence-corrected chi connectivity index (χ3v) is 3.71. The van der Waals surface area contributed by atoms with Crippen LogP contribution in [0.25, 0.3) is 0 Å². The van der Waals surface area contributed by atoms with Crippen molar-refractivity contribution in [3.8, 4) is 0 Å². The van der Waals surface area contributed by atoms with E-state index in [2.05, 4.69) is 44.6 Å². The molecular formula is C13H21N3. The SMILES string of the molecule is Cc1cc(C)c(C)c(C2CC(N)NN2)c1C. The quantitative estimate of drug-likeness (QED) is 0.674. The van der Waals surface area contributed by atoms with E-state index in [1.165, 1.54) is 27.8 Å². The molecule has 1 aliphatic rings. The molecule has 0 radical (unpaired) electrons. The molecule has 2 atom stereocenters. The van der Waals surface area contributed by atoms with Gasteiger partial charge in [0.15, 0.2) is 0 Å². The maximum Gasteiger partial charge on any atom is 0.0698 e. The largest absolute Gasteiger partial charge is 0.315 e. The second kappa shape index (κ2) is 4.17. The van der Waals surface area contributed by atoms with E-state index < -0.39 is 0 Å². The van der Waals surface area contributed by atoms with Crippen LogP contribution in [0, 0.1) is 27.7 Å². The van der Waals surface area contributed by atoms with Gasteiger partial charge in [0.25, 0.3) is 0 Å². The number of aryl methyl sites for hydroxylation is 2. The zero-order valence-electron chi connectivity index (χ0n) is 10.5. The molecule has 16 heavy (non-hydrogen) atoms. The van der Waals surface area contributed by atoms with Gasteiger partial charge >= 0.3 is 0 Å². The molecule has 0 spiro atoms. The number of benzene rings is 1. The molecule has 0 bridgehead atoms. The molecule has 3 nitrogen and oxygen atoms in total. The first-order chi connectivity index (χ1) is 7.50. The van der Waals surface area contributed by atoms with Gasteiger partial charge in [-0.3, -0.25) is 0 Å². The molecule has 0 aliphatic carbocycles. The van der Waals surface area contributed by atoms with Gasteiger partial charge in [0.1, 0.15) is 0 Å². The fourth-order valence-electron chi connectivity index (χ4n) is 2.54. The van der Waals surface area contributed by atoms with Gasteiger partial charge in [-0.05, 0) is 61.9 Å². The molecule has 0 saturated carbocycles. The number of rotatable bonds is 1. The number of hydrogen-bond acceptors (Lipinski definition) is 3. The summed E-state index contributed by atoms with van der Waals surface area (Å²) < 4.78 is 0. The van der Waals surface area contributed by atoms with Crippen molar-refractivity contribution in [3.63, 3.8) is 0 Å². The lowest BCUT2D eigenvalue weighted by Gasteiger charge is -2.20. The molecule has 88 valence electrons. The van der Waals surface area contributed by atoms with Crippen molar-refractivity contribution in [2.45, 2.75) is 46.3 Å². The Morgan fingerprint density at radius 3 is 2.06 bits per heavy atom. The fraction of sp³-hybridized carbons (Fsp3) is 0.538. The summed E-state index contributed by atoms with van der Waals surface area (Å²) in [4.78, 5) is 0. The molecule has 2 unspecified atom stereocenters. The second-order valence-electron chi connectivity index (χ2n) is 4.86. The summed E-state index contributed by atoms with van der Waals surface area (Å²) in [7, 11) is 0. The Labute approximate surface area is 97.4 Å². The Kier molecular flexibility index (Phi) is 3.02. The number of nitrogens with two attached hydrogens (primary N) is 1. The first-order valence-corrected chi connectivity index (χ1v) is 5.84. The lowest BCUT2D eigenvalue weighted by Crippen LogP contribution is -2.36. The smallest absolute Gasteiger partial charge is 0.0698 e. The van der Waals surface area contributed by atoms with Crippen molar-refractivity contribution in [1.82, 2.24) is 10.9 Å². The van der Waals surface area contributed by atoms with Crippen LogP contribution in [0.15, 0.2) is 6.07 Å². The van der Waals surface area contributed by atoms with Gasteiger partial charge in [-0.25, -0.2) is 10.9 Å². The minimum atomic E-state index is 0.0598. The molecule has 1 saturated heterocycles. The van der Waals surface area contributed by atoms with Crippen LogP contribution >= 0.6 is 0 Å². The predicted octanol–water partition coefficient (Wildman–Crippen LogP) is 1.74. The predicted molar refractivity (Wildman–Crippen MR) is 67.0 cm³/mol. The Balaban J connectivity index is 2.47. The first kappa shape index (κ1) is 11.6. The third-order valence-electron chi connectivity index (χ3n) is 3.71. The van der Waals surface area contributed by atoms with Crippen molar-refractivity contribution in [1.29, 1.82) is 0 Å². The number of hydrogen-bond donors (Lipinski definition) is 3. The summed E-state index contributed by atoms with van der Waals surface area (Å²) in [6.07, 6.45) is 1.01. The van der Waals surface area contributed by atoms with Crippen LogP contribution in [0.3, 0.4) is 0 Å². The van der Waals surface area contributed by atoms with Crippen LogP contribution in [0.5, 0.6) is 0 Å². The molecule has 1 aromatic rings. The minimum absolute atomic E-state index is 0.0598. The van der Waals surface area contributed by atoms with E-state index in [4.69, 9.17) is 5.73 Å². The Hall–Kier alpha value is -0.900. The third kappa shape index (κ3) is 1.86. The number of nitrogens with one attached hydrogen (secondary N) is 2. The summed E-state index contributed by atoms with van der Waals surface area (Å²) >= 11 is 0. The van der Waals surface area contributed by atoms with Gasteiger partial charge in [-0.2, -0.15) is 0 Å². The maximum absolute atomic E-state index is 5.87.